The maximum absolute atomic E-state index is 13.6. The fourth-order valence-corrected chi connectivity index (χ4v) is 3.48. The second-order valence-corrected chi connectivity index (χ2v) is 9.55. The number of fused-ring (bicyclic) bond motifs is 1. The van der Waals surface area contributed by atoms with Crippen molar-refractivity contribution in [3.8, 4) is 22.5 Å². The quantitative estimate of drug-likeness (QED) is 0.381. The molecule has 6 nitrogen and oxygen atoms in total. The van der Waals surface area contributed by atoms with Gasteiger partial charge in [0.15, 0.2) is 5.65 Å². The van der Waals surface area contributed by atoms with E-state index >= 15 is 0 Å². The molecule has 0 aliphatic rings. The molecular formula is C26H26F3N5O. The van der Waals surface area contributed by atoms with Gasteiger partial charge in [0.1, 0.15) is 0 Å². The van der Waals surface area contributed by atoms with Crippen LogP contribution in [0.15, 0.2) is 60.8 Å². The van der Waals surface area contributed by atoms with Gasteiger partial charge >= 0.3 is 6.18 Å². The summed E-state index contributed by atoms with van der Waals surface area (Å²) in [5.41, 5.74) is 2.04. The molecule has 0 spiro atoms. The Bertz CT molecular complexity index is 1400. The highest BCUT2D eigenvalue weighted by Crippen LogP contribution is 2.38. The fourth-order valence-electron chi connectivity index (χ4n) is 3.48. The SMILES string of the molecule is CN(C)c1cccc(-c2ccc3nc(-c4ccc(C(F)(F)F)c(NC(=O)C(C)(C)C)c4)cn3n2)c1. The lowest BCUT2D eigenvalue weighted by Crippen LogP contribution is -2.28. The van der Waals surface area contributed by atoms with Gasteiger partial charge in [-0.1, -0.05) is 39.0 Å². The van der Waals surface area contributed by atoms with Crippen molar-refractivity contribution in [2.24, 2.45) is 5.41 Å². The fraction of sp³-hybridized carbons (Fsp3) is 0.269. The lowest BCUT2D eigenvalue weighted by molar-refractivity contribution is -0.137. The van der Waals surface area contributed by atoms with Gasteiger partial charge in [-0.05, 0) is 36.4 Å². The molecule has 1 amide bonds. The number of hydrogen-bond donors (Lipinski definition) is 1. The van der Waals surface area contributed by atoms with Crippen molar-refractivity contribution in [2.75, 3.05) is 24.3 Å². The van der Waals surface area contributed by atoms with Crippen LogP contribution < -0.4 is 10.2 Å². The molecule has 0 saturated carbocycles. The number of alkyl halides is 3. The van der Waals surface area contributed by atoms with Gasteiger partial charge in [0.2, 0.25) is 5.91 Å². The predicted octanol–water partition coefficient (Wildman–Crippen LogP) is 6.13. The molecule has 0 fully saturated rings. The van der Waals surface area contributed by atoms with Crippen LogP contribution in [-0.4, -0.2) is 34.6 Å². The highest BCUT2D eigenvalue weighted by atomic mass is 19.4. The first-order valence-electron chi connectivity index (χ1n) is 11.0. The van der Waals surface area contributed by atoms with Gasteiger partial charge in [-0.2, -0.15) is 18.3 Å². The number of rotatable bonds is 4. The number of carbonyl (C=O) groups excluding carboxylic acids is 1. The van der Waals surface area contributed by atoms with E-state index in [0.29, 0.717) is 16.9 Å². The topological polar surface area (TPSA) is 62.5 Å². The molecule has 4 rings (SSSR count). The summed E-state index contributed by atoms with van der Waals surface area (Å²) in [4.78, 5) is 18.9. The smallest absolute Gasteiger partial charge is 0.378 e. The highest BCUT2D eigenvalue weighted by molar-refractivity contribution is 5.96. The molecular weight excluding hydrogens is 455 g/mol. The lowest BCUT2D eigenvalue weighted by Gasteiger charge is -2.20. The average molecular weight is 482 g/mol. The molecule has 0 saturated heterocycles. The lowest BCUT2D eigenvalue weighted by atomic mass is 9.95. The second kappa shape index (κ2) is 8.72. The third-order valence-corrected chi connectivity index (χ3v) is 5.53. The summed E-state index contributed by atoms with van der Waals surface area (Å²) < 4.78 is 42.4. The van der Waals surface area contributed by atoms with Gasteiger partial charge in [0.05, 0.1) is 28.8 Å². The number of nitrogens with one attached hydrogen (secondary N) is 1. The van der Waals surface area contributed by atoms with Crippen LogP contribution in [0.3, 0.4) is 0 Å². The van der Waals surface area contributed by atoms with Crippen molar-refractivity contribution >= 4 is 22.9 Å². The van der Waals surface area contributed by atoms with Gasteiger partial charge in [-0.3, -0.25) is 4.79 Å². The molecule has 4 aromatic rings. The first kappa shape index (κ1) is 24.3. The minimum atomic E-state index is -4.62. The summed E-state index contributed by atoms with van der Waals surface area (Å²) in [6.07, 6.45) is -2.96. The molecule has 2 aromatic carbocycles. The number of anilines is 2. The van der Waals surface area contributed by atoms with E-state index in [-0.39, 0.29) is 5.69 Å². The summed E-state index contributed by atoms with van der Waals surface area (Å²) in [5.74, 6) is -0.513. The van der Waals surface area contributed by atoms with Crippen LogP contribution in [0.2, 0.25) is 0 Å². The maximum atomic E-state index is 13.6. The summed E-state index contributed by atoms with van der Waals surface area (Å²) in [6, 6.07) is 15.2. The Morgan fingerprint density at radius 1 is 0.943 bits per heavy atom. The molecule has 0 unspecified atom stereocenters. The highest BCUT2D eigenvalue weighted by Gasteiger charge is 2.35. The Morgan fingerprint density at radius 3 is 2.31 bits per heavy atom. The molecule has 35 heavy (non-hydrogen) atoms. The Kier molecular flexibility index (Phi) is 6.04. The van der Waals surface area contributed by atoms with Gasteiger partial charge in [0.25, 0.3) is 0 Å². The van der Waals surface area contributed by atoms with E-state index in [1.807, 2.05) is 49.3 Å². The van der Waals surface area contributed by atoms with E-state index in [4.69, 9.17) is 0 Å². The van der Waals surface area contributed by atoms with E-state index in [9.17, 15) is 18.0 Å². The normalized spacial score (nSPS) is 12.1. The number of amides is 1. The molecule has 0 aliphatic heterocycles. The minimum Gasteiger partial charge on any atom is -0.378 e. The van der Waals surface area contributed by atoms with Gasteiger partial charge in [-0.15, -0.1) is 0 Å². The summed E-state index contributed by atoms with van der Waals surface area (Å²) in [6.45, 7) is 4.91. The number of halogens is 3. The molecule has 1 N–H and O–H groups in total. The van der Waals surface area contributed by atoms with Crippen LogP contribution in [0.4, 0.5) is 24.5 Å². The second-order valence-electron chi connectivity index (χ2n) is 9.55. The molecule has 2 aromatic heterocycles. The van der Waals surface area contributed by atoms with E-state index in [1.54, 1.807) is 37.5 Å². The van der Waals surface area contributed by atoms with Crippen molar-refractivity contribution in [3.63, 3.8) is 0 Å². The van der Waals surface area contributed by atoms with Crippen LogP contribution in [0.1, 0.15) is 26.3 Å². The summed E-state index contributed by atoms with van der Waals surface area (Å²) in [5, 5.41) is 7.07. The van der Waals surface area contributed by atoms with Crippen LogP contribution in [0.25, 0.3) is 28.2 Å². The van der Waals surface area contributed by atoms with E-state index in [1.165, 1.54) is 12.1 Å². The average Bonchev–Trinajstić information content (AvgIpc) is 3.21. The number of benzene rings is 2. The number of carbonyl (C=O) groups is 1. The Morgan fingerprint density at radius 2 is 1.66 bits per heavy atom. The third-order valence-electron chi connectivity index (χ3n) is 5.53. The van der Waals surface area contributed by atoms with Crippen LogP contribution in [-0.2, 0) is 11.0 Å². The largest absolute Gasteiger partial charge is 0.418 e. The summed E-state index contributed by atoms with van der Waals surface area (Å²) >= 11 is 0. The summed E-state index contributed by atoms with van der Waals surface area (Å²) in [7, 11) is 3.92. The van der Waals surface area contributed by atoms with Crippen LogP contribution in [0, 0.1) is 5.41 Å². The van der Waals surface area contributed by atoms with Crippen molar-refractivity contribution in [1.82, 2.24) is 14.6 Å². The van der Waals surface area contributed by atoms with Gasteiger partial charge in [-0.25, -0.2) is 9.50 Å². The molecule has 182 valence electrons. The number of aromatic nitrogens is 3. The third kappa shape index (κ3) is 5.13. The number of nitrogens with zero attached hydrogens (tertiary/aromatic N) is 4. The Balaban J connectivity index is 1.74. The molecule has 0 atom stereocenters. The zero-order valence-electron chi connectivity index (χ0n) is 20.1. The number of hydrogen-bond acceptors (Lipinski definition) is 4. The maximum Gasteiger partial charge on any atom is 0.418 e. The van der Waals surface area contributed by atoms with Crippen LogP contribution in [0.5, 0.6) is 0 Å². The van der Waals surface area contributed by atoms with Crippen molar-refractivity contribution in [2.45, 2.75) is 26.9 Å². The molecule has 0 aliphatic carbocycles. The Labute approximate surface area is 201 Å². The molecule has 0 radical (unpaired) electrons. The Hall–Kier alpha value is -3.88. The van der Waals surface area contributed by atoms with E-state index in [2.05, 4.69) is 15.4 Å². The first-order chi connectivity index (χ1) is 16.3. The predicted molar refractivity (Wildman–Crippen MR) is 131 cm³/mol. The standard InChI is InChI=1S/C26H26F3N5O/c1-25(2,3)24(35)31-21-14-17(9-10-19(21)26(27,28)29)22-15-34-23(30-22)12-11-20(32-34)16-7-6-8-18(13-16)33(4)5/h6-15H,1-5H3,(H,31,35). The molecule has 9 heteroatoms. The zero-order chi connectivity index (χ0) is 25.5. The van der Waals surface area contributed by atoms with Crippen LogP contribution >= 0.6 is 0 Å². The zero-order valence-corrected chi connectivity index (χ0v) is 20.1. The van der Waals surface area contributed by atoms with Crippen molar-refractivity contribution < 1.29 is 18.0 Å². The van der Waals surface area contributed by atoms with Gasteiger partial charge in [0, 0.05) is 36.3 Å². The molecule has 0 bridgehead atoms. The number of imidazole rings is 1. The van der Waals surface area contributed by atoms with Crippen molar-refractivity contribution in [1.29, 1.82) is 0 Å². The monoisotopic (exact) mass is 481 g/mol. The van der Waals surface area contributed by atoms with E-state index < -0.39 is 23.1 Å². The minimum absolute atomic E-state index is 0.305. The van der Waals surface area contributed by atoms with Crippen molar-refractivity contribution in [3.05, 3.63) is 66.4 Å². The van der Waals surface area contributed by atoms with Gasteiger partial charge < -0.3 is 10.2 Å². The first-order valence-corrected chi connectivity index (χ1v) is 11.0. The van der Waals surface area contributed by atoms with E-state index in [0.717, 1.165) is 23.0 Å². The molecule has 2 heterocycles.